The number of carbonyl (C=O) groups excluding carboxylic acids is 1. The molecule has 0 saturated carbocycles. The lowest BCUT2D eigenvalue weighted by Gasteiger charge is -2.32. The third kappa shape index (κ3) is 7.22. The Morgan fingerprint density at radius 3 is 2.35 bits per heavy atom. The molecule has 0 atom stereocenters. The smallest absolute Gasteiger partial charge is 0.308 e. The van der Waals surface area contributed by atoms with E-state index in [9.17, 15) is 4.79 Å². The molecule has 1 saturated heterocycles. The second kappa shape index (κ2) is 13.1. The molecule has 198 valence electrons. The van der Waals surface area contributed by atoms with Gasteiger partial charge >= 0.3 is 11.8 Å². The highest BCUT2D eigenvalue weighted by atomic mass is 16.5. The maximum absolute atomic E-state index is 12.5. The molecule has 2 heterocycles. The van der Waals surface area contributed by atoms with Crippen molar-refractivity contribution in [2.24, 2.45) is 5.92 Å². The molecule has 4 rings (SSSR count). The van der Waals surface area contributed by atoms with Crippen LogP contribution in [0.4, 0.5) is 0 Å². The number of nitrogens with zero attached hydrogens (tertiary/aromatic N) is 3. The van der Waals surface area contributed by atoms with Crippen LogP contribution in [-0.4, -0.2) is 68.5 Å². The average molecular weight is 509 g/mol. The van der Waals surface area contributed by atoms with Gasteiger partial charge in [-0.15, -0.1) is 10.2 Å². The number of ether oxygens (including phenoxy) is 3. The normalized spacial score (nSPS) is 14.4. The van der Waals surface area contributed by atoms with Gasteiger partial charge in [-0.05, 0) is 74.5 Å². The summed E-state index contributed by atoms with van der Waals surface area (Å²) in [6.07, 6.45) is 4.81. The van der Waals surface area contributed by atoms with E-state index in [2.05, 4.69) is 50.7 Å². The lowest BCUT2D eigenvalue weighted by molar-refractivity contribution is 0.0914. The first-order valence-electron chi connectivity index (χ1n) is 12.7. The fourth-order valence-corrected chi connectivity index (χ4v) is 4.77. The molecule has 1 N–H and O–H groups in total. The zero-order chi connectivity index (χ0) is 26.0. The number of hydrogen-bond donors (Lipinski definition) is 1. The van der Waals surface area contributed by atoms with E-state index >= 15 is 0 Å². The van der Waals surface area contributed by atoms with Gasteiger partial charge in [0.05, 0.1) is 27.8 Å². The molecule has 1 aromatic heterocycles. The SMILES string of the molecule is COc1cc(Cc2nnc(C(=O)NCCCN3CCC(Cc4ccccc4)CC3)o2)cc(OC)c1OC. The van der Waals surface area contributed by atoms with E-state index in [0.29, 0.717) is 36.1 Å². The molecule has 1 aliphatic rings. The van der Waals surface area contributed by atoms with E-state index < -0.39 is 0 Å². The van der Waals surface area contributed by atoms with Crippen molar-refractivity contribution in [3.8, 4) is 17.2 Å². The van der Waals surface area contributed by atoms with Crippen molar-refractivity contribution in [2.45, 2.75) is 32.1 Å². The van der Waals surface area contributed by atoms with Crippen LogP contribution in [0.3, 0.4) is 0 Å². The van der Waals surface area contributed by atoms with Crippen LogP contribution in [0.15, 0.2) is 46.9 Å². The van der Waals surface area contributed by atoms with Gasteiger partial charge in [-0.25, -0.2) is 0 Å². The van der Waals surface area contributed by atoms with Crippen molar-refractivity contribution < 1.29 is 23.4 Å². The molecule has 3 aromatic rings. The highest BCUT2D eigenvalue weighted by Crippen LogP contribution is 2.38. The molecule has 1 aliphatic heterocycles. The van der Waals surface area contributed by atoms with Gasteiger partial charge in [0, 0.05) is 6.54 Å². The molecule has 2 aromatic carbocycles. The summed E-state index contributed by atoms with van der Waals surface area (Å²) in [7, 11) is 4.67. The standard InChI is InChI=1S/C28H36N4O5/c1-34-23-17-22(18-24(35-2)26(23)36-3)19-25-30-31-28(37-25)27(33)29-12-7-13-32-14-10-21(11-15-32)16-20-8-5-4-6-9-20/h4-6,8-9,17-18,21H,7,10-16,19H2,1-3H3,(H,29,33). The minimum Gasteiger partial charge on any atom is -0.493 e. The zero-order valence-electron chi connectivity index (χ0n) is 21.9. The maximum Gasteiger partial charge on any atom is 0.308 e. The fourth-order valence-electron chi connectivity index (χ4n) is 4.77. The number of carbonyl (C=O) groups is 1. The summed E-state index contributed by atoms with van der Waals surface area (Å²) >= 11 is 0. The average Bonchev–Trinajstić information content (AvgIpc) is 3.40. The highest BCUT2D eigenvalue weighted by molar-refractivity contribution is 5.89. The van der Waals surface area contributed by atoms with E-state index in [0.717, 1.165) is 44.0 Å². The van der Waals surface area contributed by atoms with Gasteiger partial charge < -0.3 is 28.8 Å². The van der Waals surface area contributed by atoms with Crippen molar-refractivity contribution in [1.29, 1.82) is 0 Å². The first kappa shape index (κ1) is 26.5. The lowest BCUT2D eigenvalue weighted by atomic mass is 9.90. The van der Waals surface area contributed by atoms with Crippen molar-refractivity contribution in [2.75, 3.05) is 47.5 Å². The molecule has 0 aliphatic carbocycles. The molecule has 0 bridgehead atoms. The molecule has 0 unspecified atom stereocenters. The number of benzene rings is 2. The first-order valence-corrected chi connectivity index (χ1v) is 12.7. The molecule has 9 heteroatoms. The monoisotopic (exact) mass is 508 g/mol. The number of piperidine rings is 1. The second-order valence-corrected chi connectivity index (χ2v) is 9.30. The fraction of sp³-hybridized carbons (Fsp3) is 0.464. The van der Waals surface area contributed by atoms with Gasteiger partial charge in [0.2, 0.25) is 11.6 Å². The summed E-state index contributed by atoms with van der Waals surface area (Å²) in [5.41, 5.74) is 2.26. The molecule has 9 nitrogen and oxygen atoms in total. The van der Waals surface area contributed by atoms with E-state index in [1.165, 1.54) is 18.4 Å². The van der Waals surface area contributed by atoms with E-state index in [4.69, 9.17) is 18.6 Å². The molecule has 1 fully saturated rings. The molecular weight excluding hydrogens is 472 g/mol. The van der Waals surface area contributed by atoms with E-state index in [-0.39, 0.29) is 11.8 Å². The Morgan fingerprint density at radius 2 is 1.70 bits per heavy atom. The summed E-state index contributed by atoms with van der Waals surface area (Å²) in [5, 5.41) is 10.8. The van der Waals surface area contributed by atoms with E-state index in [1.807, 2.05) is 12.1 Å². The summed E-state index contributed by atoms with van der Waals surface area (Å²) < 4.78 is 21.7. The molecule has 0 radical (unpaired) electrons. The van der Waals surface area contributed by atoms with Gasteiger partial charge in [-0.1, -0.05) is 30.3 Å². The third-order valence-corrected chi connectivity index (χ3v) is 6.75. The summed E-state index contributed by atoms with van der Waals surface area (Å²) in [4.78, 5) is 15.0. The van der Waals surface area contributed by atoms with Gasteiger partial charge in [0.1, 0.15) is 0 Å². The topological polar surface area (TPSA) is 99.0 Å². The molecule has 0 spiro atoms. The van der Waals surface area contributed by atoms with Crippen molar-refractivity contribution in [1.82, 2.24) is 20.4 Å². The van der Waals surface area contributed by atoms with Crippen molar-refractivity contribution in [3.63, 3.8) is 0 Å². The van der Waals surface area contributed by atoms with Gasteiger partial charge in [-0.3, -0.25) is 4.79 Å². The zero-order valence-corrected chi connectivity index (χ0v) is 21.9. The summed E-state index contributed by atoms with van der Waals surface area (Å²) in [6.45, 7) is 3.75. The Balaban J connectivity index is 1.19. The van der Waals surface area contributed by atoms with Gasteiger partial charge in [0.15, 0.2) is 11.5 Å². The van der Waals surface area contributed by atoms with Crippen molar-refractivity contribution >= 4 is 5.91 Å². The van der Waals surface area contributed by atoms with Crippen molar-refractivity contribution in [3.05, 3.63) is 65.4 Å². The van der Waals surface area contributed by atoms with Crippen LogP contribution in [0.5, 0.6) is 17.2 Å². The number of likely N-dealkylation sites (tertiary alicyclic amines) is 1. The Bertz CT molecular complexity index is 1120. The second-order valence-electron chi connectivity index (χ2n) is 9.30. The summed E-state index contributed by atoms with van der Waals surface area (Å²) in [5.74, 6) is 2.28. The number of nitrogens with one attached hydrogen (secondary N) is 1. The predicted octanol–water partition coefficient (Wildman–Crippen LogP) is 3.76. The minimum atomic E-state index is -0.356. The van der Waals surface area contributed by atoms with Crippen LogP contribution in [0.25, 0.3) is 0 Å². The van der Waals surface area contributed by atoms with Crippen LogP contribution in [0, 0.1) is 5.92 Å². The molecule has 1 amide bonds. The largest absolute Gasteiger partial charge is 0.493 e. The van der Waals surface area contributed by atoms with Gasteiger partial charge in [0.25, 0.3) is 0 Å². The van der Waals surface area contributed by atoms with Gasteiger partial charge in [-0.2, -0.15) is 0 Å². The van der Waals surface area contributed by atoms with Crippen LogP contribution in [-0.2, 0) is 12.8 Å². The number of amides is 1. The molecular formula is C28H36N4O5. The minimum absolute atomic E-state index is 0.0378. The Kier molecular flexibility index (Phi) is 9.37. The first-order chi connectivity index (χ1) is 18.1. The quantitative estimate of drug-likeness (QED) is 0.369. The number of methoxy groups -OCH3 is 3. The Morgan fingerprint density at radius 1 is 1.00 bits per heavy atom. The Labute approximate surface area is 218 Å². The summed E-state index contributed by atoms with van der Waals surface area (Å²) in [6, 6.07) is 14.4. The molecule has 37 heavy (non-hydrogen) atoms. The third-order valence-electron chi connectivity index (χ3n) is 6.75. The van der Waals surface area contributed by atoms with Crippen LogP contribution in [0.2, 0.25) is 0 Å². The van der Waals surface area contributed by atoms with Crippen LogP contribution < -0.4 is 19.5 Å². The number of aromatic nitrogens is 2. The highest BCUT2D eigenvalue weighted by Gasteiger charge is 2.20. The lowest BCUT2D eigenvalue weighted by Crippen LogP contribution is -2.36. The van der Waals surface area contributed by atoms with E-state index in [1.54, 1.807) is 21.3 Å². The Hall–Kier alpha value is -3.59. The van der Waals surface area contributed by atoms with Crippen LogP contribution >= 0.6 is 0 Å². The predicted molar refractivity (Wildman–Crippen MR) is 139 cm³/mol. The number of hydrogen-bond acceptors (Lipinski definition) is 8. The number of rotatable bonds is 12. The maximum atomic E-state index is 12.5. The van der Waals surface area contributed by atoms with Crippen LogP contribution in [0.1, 0.15) is 47.0 Å².